The number of benzene rings is 1. The first-order valence-corrected chi connectivity index (χ1v) is 7.47. The Balaban J connectivity index is 2.17. The summed E-state index contributed by atoms with van der Waals surface area (Å²) in [5.74, 6) is -1.85. The fourth-order valence-electron chi connectivity index (χ4n) is 2.07. The summed E-state index contributed by atoms with van der Waals surface area (Å²) in [6.07, 6.45) is 1.44. The molecule has 1 aliphatic heterocycles. The predicted octanol–water partition coefficient (Wildman–Crippen LogP) is 1.81. The third-order valence-corrected chi connectivity index (χ3v) is 4.55. The van der Waals surface area contributed by atoms with Crippen LogP contribution in [0.1, 0.15) is 19.8 Å². The molecule has 1 heterocycles. The molecule has 4 nitrogen and oxygen atoms in total. The van der Waals surface area contributed by atoms with Crippen molar-refractivity contribution in [2.24, 2.45) is 0 Å². The van der Waals surface area contributed by atoms with Crippen LogP contribution in [-0.2, 0) is 14.8 Å². The SMILES string of the molecule is C[C@H](NS(=O)(=O)c1cc(F)cc(F)c1)[C@H]1CCCO1. The van der Waals surface area contributed by atoms with Gasteiger partial charge in [-0.3, -0.25) is 0 Å². The van der Waals surface area contributed by atoms with Gasteiger partial charge in [-0.2, -0.15) is 0 Å². The van der Waals surface area contributed by atoms with E-state index in [1.807, 2.05) is 0 Å². The van der Waals surface area contributed by atoms with Gasteiger partial charge in [0.15, 0.2) is 0 Å². The van der Waals surface area contributed by atoms with Crippen LogP contribution in [0.3, 0.4) is 0 Å². The summed E-state index contributed by atoms with van der Waals surface area (Å²) in [6.45, 7) is 2.27. The van der Waals surface area contributed by atoms with E-state index in [-0.39, 0.29) is 6.10 Å². The lowest BCUT2D eigenvalue weighted by Gasteiger charge is -2.19. The van der Waals surface area contributed by atoms with Crippen LogP contribution in [0.4, 0.5) is 8.78 Å². The molecule has 1 fully saturated rings. The van der Waals surface area contributed by atoms with Gasteiger partial charge >= 0.3 is 0 Å². The minimum absolute atomic E-state index is 0.201. The van der Waals surface area contributed by atoms with E-state index in [2.05, 4.69) is 4.72 Å². The van der Waals surface area contributed by atoms with E-state index in [0.29, 0.717) is 12.7 Å². The molecule has 19 heavy (non-hydrogen) atoms. The summed E-state index contributed by atoms with van der Waals surface area (Å²) in [6, 6.07) is 1.75. The second kappa shape index (κ2) is 5.52. The number of rotatable bonds is 4. The summed E-state index contributed by atoms with van der Waals surface area (Å²) in [7, 11) is -3.95. The molecule has 0 saturated carbocycles. The van der Waals surface area contributed by atoms with Gasteiger partial charge in [0.25, 0.3) is 0 Å². The second-order valence-corrected chi connectivity index (χ2v) is 6.28. The molecule has 0 spiro atoms. The Morgan fingerprint density at radius 2 is 1.95 bits per heavy atom. The van der Waals surface area contributed by atoms with E-state index in [1.165, 1.54) is 0 Å². The Hall–Kier alpha value is -1.05. The van der Waals surface area contributed by atoms with Crippen LogP contribution in [0, 0.1) is 11.6 Å². The largest absolute Gasteiger partial charge is 0.377 e. The molecule has 1 aromatic carbocycles. The fraction of sp³-hybridized carbons (Fsp3) is 0.500. The van der Waals surface area contributed by atoms with Crippen LogP contribution in [0.2, 0.25) is 0 Å². The number of nitrogens with one attached hydrogen (secondary N) is 1. The standard InChI is InChI=1S/C12H15F2NO3S/c1-8(12-3-2-4-18-12)15-19(16,17)11-6-9(13)5-10(14)7-11/h5-8,12,15H,2-4H2,1H3/t8-,12+/m0/s1. The minimum Gasteiger partial charge on any atom is -0.377 e. The monoisotopic (exact) mass is 291 g/mol. The van der Waals surface area contributed by atoms with Crippen LogP contribution < -0.4 is 4.72 Å². The molecule has 0 radical (unpaired) electrons. The van der Waals surface area contributed by atoms with Gasteiger partial charge in [-0.15, -0.1) is 0 Å². The van der Waals surface area contributed by atoms with Crippen molar-refractivity contribution in [2.45, 2.75) is 36.8 Å². The summed E-state index contributed by atoms with van der Waals surface area (Å²) >= 11 is 0. The first-order valence-electron chi connectivity index (χ1n) is 5.98. The van der Waals surface area contributed by atoms with Crippen LogP contribution in [-0.4, -0.2) is 27.2 Å². The van der Waals surface area contributed by atoms with Crippen molar-refractivity contribution >= 4 is 10.0 Å². The Kier molecular flexibility index (Phi) is 4.17. The molecule has 0 amide bonds. The van der Waals surface area contributed by atoms with E-state index in [1.54, 1.807) is 6.92 Å². The Labute approximate surface area is 110 Å². The number of hydrogen-bond acceptors (Lipinski definition) is 3. The van der Waals surface area contributed by atoms with Crippen molar-refractivity contribution in [3.05, 3.63) is 29.8 Å². The van der Waals surface area contributed by atoms with Gasteiger partial charge in [0.1, 0.15) is 11.6 Å². The molecular formula is C12H15F2NO3S. The Morgan fingerprint density at radius 1 is 1.32 bits per heavy atom. The average Bonchev–Trinajstić information content (AvgIpc) is 2.80. The van der Waals surface area contributed by atoms with E-state index in [4.69, 9.17) is 4.74 Å². The molecular weight excluding hydrogens is 276 g/mol. The maximum atomic E-state index is 13.0. The van der Waals surface area contributed by atoms with Crippen LogP contribution >= 0.6 is 0 Å². The van der Waals surface area contributed by atoms with Crippen LogP contribution in [0.15, 0.2) is 23.1 Å². The lowest BCUT2D eigenvalue weighted by Crippen LogP contribution is -2.40. The van der Waals surface area contributed by atoms with Crippen molar-refractivity contribution in [2.75, 3.05) is 6.61 Å². The van der Waals surface area contributed by atoms with Gasteiger partial charge in [-0.1, -0.05) is 0 Å². The van der Waals surface area contributed by atoms with Crippen LogP contribution in [0.5, 0.6) is 0 Å². The quantitative estimate of drug-likeness (QED) is 0.920. The maximum Gasteiger partial charge on any atom is 0.241 e. The van der Waals surface area contributed by atoms with Crippen molar-refractivity contribution in [3.63, 3.8) is 0 Å². The van der Waals surface area contributed by atoms with Crippen molar-refractivity contribution < 1.29 is 21.9 Å². The molecule has 106 valence electrons. The highest BCUT2D eigenvalue weighted by Crippen LogP contribution is 2.18. The minimum atomic E-state index is -3.95. The zero-order chi connectivity index (χ0) is 14.0. The third-order valence-electron chi connectivity index (χ3n) is 3.01. The molecule has 0 bridgehead atoms. The number of sulfonamides is 1. The van der Waals surface area contributed by atoms with Crippen molar-refractivity contribution in [1.29, 1.82) is 0 Å². The molecule has 0 aromatic heterocycles. The van der Waals surface area contributed by atoms with Gasteiger partial charge in [0.05, 0.1) is 11.0 Å². The molecule has 1 aromatic rings. The average molecular weight is 291 g/mol. The third kappa shape index (κ3) is 3.49. The highest BCUT2D eigenvalue weighted by Gasteiger charge is 2.27. The Bertz CT molecular complexity index is 536. The summed E-state index contributed by atoms with van der Waals surface area (Å²) < 4.78 is 57.8. The van der Waals surface area contributed by atoms with E-state index >= 15 is 0 Å². The van der Waals surface area contributed by atoms with E-state index in [0.717, 1.165) is 25.0 Å². The van der Waals surface area contributed by atoms with Gasteiger partial charge in [0.2, 0.25) is 10.0 Å². The summed E-state index contributed by atoms with van der Waals surface area (Å²) in [5, 5.41) is 0. The Morgan fingerprint density at radius 3 is 2.47 bits per heavy atom. The van der Waals surface area contributed by atoms with Gasteiger partial charge in [0, 0.05) is 18.7 Å². The zero-order valence-electron chi connectivity index (χ0n) is 10.4. The molecule has 1 N–H and O–H groups in total. The van der Waals surface area contributed by atoms with Gasteiger partial charge in [-0.05, 0) is 31.9 Å². The molecule has 0 aliphatic carbocycles. The molecule has 2 rings (SSSR count). The van der Waals surface area contributed by atoms with E-state index in [9.17, 15) is 17.2 Å². The first-order chi connectivity index (χ1) is 8.88. The highest BCUT2D eigenvalue weighted by atomic mass is 32.2. The molecule has 1 saturated heterocycles. The van der Waals surface area contributed by atoms with Crippen molar-refractivity contribution in [3.8, 4) is 0 Å². The number of halogens is 2. The topological polar surface area (TPSA) is 55.4 Å². The zero-order valence-corrected chi connectivity index (χ0v) is 11.2. The van der Waals surface area contributed by atoms with Gasteiger partial charge < -0.3 is 4.74 Å². The first kappa shape index (κ1) is 14.4. The highest BCUT2D eigenvalue weighted by molar-refractivity contribution is 7.89. The lowest BCUT2D eigenvalue weighted by molar-refractivity contribution is 0.0902. The van der Waals surface area contributed by atoms with Gasteiger partial charge in [-0.25, -0.2) is 21.9 Å². The maximum absolute atomic E-state index is 13.0. The normalized spacial score (nSPS) is 21.5. The van der Waals surface area contributed by atoms with Crippen LogP contribution in [0.25, 0.3) is 0 Å². The molecule has 2 atom stereocenters. The number of ether oxygens (including phenoxy) is 1. The van der Waals surface area contributed by atoms with Crippen molar-refractivity contribution in [1.82, 2.24) is 4.72 Å². The molecule has 7 heteroatoms. The summed E-state index contributed by atoms with van der Waals surface area (Å²) in [5.41, 5.74) is 0. The summed E-state index contributed by atoms with van der Waals surface area (Å²) in [4.78, 5) is -0.421. The van der Waals surface area contributed by atoms with E-state index < -0.39 is 32.6 Å². The molecule has 1 aliphatic rings. The fourth-order valence-corrected chi connectivity index (χ4v) is 3.38. The second-order valence-electron chi connectivity index (χ2n) is 4.57. The smallest absolute Gasteiger partial charge is 0.241 e. The molecule has 0 unspecified atom stereocenters. The lowest BCUT2D eigenvalue weighted by atomic mass is 10.1. The number of hydrogen-bond donors (Lipinski definition) is 1. The predicted molar refractivity (Wildman–Crippen MR) is 65.1 cm³/mol.